The van der Waals surface area contributed by atoms with E-state index in [2.05, 4.69) is 17.6 Å². The van der Waals surface area contributed by atoms with Gasteiger partial charge in [0.2, 0.25) is 5.91 Å². The first-order chi connectivity index (χ1) is 10.7. The number of amides is 1. The quantitative estimate of drug-likeness (QED) is 0.760. The molecule has 3 nitrogen and oxygen atoms in total. The second-order valence-corrected chi connectivity index (χ2v) is 6.16. The lowest BCUT2D eigenvalue weighted by molar-refractivity contribution is -0.128. The zero-order chi connectivity index (χ0) is 15.8. The molecule has 4 heteroatoms. The molecule has 1 aromatic carbocycles. The minimum absolute atomic E-state index is 0.0519. The maximum absolute atomic E-state index is 13.6. The van der Waals surface area contributed by atoms with Crippen LogP contribution in [0.3, 0.4) is 0 Å². The van der Waals surface area contributed by atoms with E-state index in [0.29, 0.717) is 6.54 Å². The molecule has 2 rings (SSSR count). The molecule has 0 aliphatic heterocycles. The zero-order valence-corrected chi connectivity index (χ0v) is 13.5. The molecule has 0 spiro atoms. The van der Waals surface area contributed by atoms with Crippen LogP contribution in [0.25, 0.3) is 0 Å². The summed E-state index contributed by atoms with van der Waals surface area (Å²) in [4.78, 5) is 12.8. The van der Waals surface area contributed by atoms with Gasteiger partial charge in [-0.05, 0) is 43.5 Å². The molecule has 1 aliphatic rings. The molecule has 1 aliphatic carbocycles. The van der Waals surface area contributed by atoms with E-state index in [1.54, 1.807) is 6.07 Å². The van der Waals surface area contributed by atoms with Crippen LogP contribution in [0.2, 0.25) is 0 Å². The average molecular weight is 306 g/mol. The summed E-state index contributed by atoms with van der Waals surface area (Å²) in [7, 11) is 0. The topological polar surface area (TPSA) is 41.1 Å². The highest BCUT2D eigenvalue weighted by atomic mass is 19.1. The van der Waals surface area contributed by atoms with Gasteiger partial charge in [0.25, 0.3) is 0 Å². The second kappa shape index (κ2) is 8.28. The predicted molar refractivity (Wildman–Crippen MR) is 87.3 cm³/mol. The molecule has 0 bridgehead atoms. The standard InChI is InChI=1S/C18H27FN2O/c1-2-11-20-12-13-21-17(22)18(9-4-3-5-10-18)15-7-6-8-16(19)14-15/h6-8,14,20H,2-5,9-13H2,1H3,(H,21,22). The summed E-state index contributed by atoms with van der Waals surface area (Å²) in [6.45, 7) is 4.48. The van der Waals surface area contributed by atoms with Crippen LogP contribution >= 0.6 is 0 Å². The number of halogens is 1. The van der Waals surface area contributed by atoms with E-state index in [0.717, 1.165) is 57.2 Å². The van der Waals surface area contributed by atoms with Crippen LogP contribution in [-0.4, -0.2) is 25.5 Å². The minimum Gasteiger partial charge on any atom is -0.354 e. The maximum Gasteiger partial charge on any atom is 0.230 e. The SMILES string of the molecule is CCCNCCNC(=O)C1(c2cccc(F)c2)CCCCC1. The Hall–Kier alpha value is -1.42. The summed E-state index contributed by atoms with van der Waals surface area (Å²) < 4.78 is 13.6. The number of rotatable bonds is 7. The van der Waals surface area contributed by atoms with Gasteiger partial charge in [-0.25, -0.2) is 4.39 Å². The summed E-state index contributed by atoms with van der Waals surface area (Å²) in [5.41, 5.74) is 0.275. The Labute approximate surface area is 132 Å². The van der Waals surface area contributed by atoms with Crippen LogP contribution in [0.5, 0.6) is 0 Å². The van der Waals surface area contributed by atoms with Gasteiger partial charge in [-0.3, -0.25) is 4.79 Å². The third-order valence-electron chi connectivity index (χ3n) is 4.53. The van der Waals surface area contributed by atoms with Crippen LogP contribution in [0, 0.1) is 5.82 Å². The van der Waals surface area contributed by atoms with E-state index in [-0.39, 0.29) is 11.7 Å². The summed E-state index contributed by atoms with van der Waals surface area (Å²) in [6.07, 6.45) is 5.91. The molecule has 122 valence electrons. The second-order valence-electron chi connectivity index (χ2n) is 6.16. The molecule has 0 radical (unpaired) electrons. The highest BCUT2D eigenvalue weighted by molar-refractivity contribution is 5.88. The van der Waals surface area contributed by atoms with Crippen molar-refractivity contribution in [2.75, 3.05) is 19.6 Å². The van der Waals surface area contributed by atoms with Crippen LogP contribution in [-0.2, 0) is 10.2 Å². The maximum atomic E-state index is 13.6. The average Bonchev–Trinajstić information content (AvgIpc) is 2.55. The predicted octanol–water partition coefficient (Wildman–Crippen LogP) is 3.14. The van der Waals surface area contributed by atoms with Crippen LogP contribution < -0.4 is 10.6 Å². The molecule has 1 saturated carbocycles. The van der Waals surface area contributed by atoms with E-state index in [1.165, 1.54) is 12.1 Å². The number of hydrogen-bond acceptors (Lipinski definition) is 2. The van der Waals surface area contributed by atoms with E-state index in [4.69, 9.17) is 0 Å². The molecule has 1 aromatic rings. The van der Waals surface area contributed by atoms with Crippen molar-refractivity contribution in [2.45, 2.75) is 50.9 Å². The largest absolute Gasteiger partial charge is 0.354 e. The Kier molecular flexibility index (Phi) is 6.37. The van der Waals surface area contributed by atoms with E-state index in [9.17, 15) is 9.18 Å². The Bertz CT molecular complexity index is 484. The lowest BCUT2D eigenvalue weighted by Crippen LogP contribution is -2.47. The third-order valence-corrected chi connectivity index (χ3v) is 4.53. The Morgan fingerprint density at radius 2 is 1.95 bits per heavy atom. The van der Waals surface area contributed by atoms with Gasteiger partial charge in [-0.2, -0.15) is 0 Å². The number of carbonyl (C=O) groups is 1. The monoisotopic (exact) mass is 306 g/mol. The summed E-state index contributed by atoms with van der Waals surface area (Å²) >= 11 is 0. The van der Waals surface area contributed by atoms with Crippen molar-refractivity contribution in [3.05, 3.63) is 35.6 Å². The molecule has 0 saturated heterocycles. The Morgan fingerprint density at radius 1 is 1.18 bits per heavy atom. The van der Waals surface area contributed by atoms with Crippen molar-refractivity contribution in [2.24, 2.45) is 0 Å². The lowest BCUT2D eigenvalue weighted by Gasteiger charge is -2.36. The van der Waals surface area contributed by atoms with Gasteiger partial charge in [0.15, 0.2) is 0 Å². The highest BCUT2D eigenvalue weighted by Crippen LogP contribution is 2.39. The number of nitrogens with one attached hydrogen (secondary N) is 2. The van der Waals surface area contributed by atoms with Crippen molar-refractivity contribution < 1.29 is 9.18 Å². The van der Waals surface area contributed by atoms with Crippen LogP contribution in [0.4, 0.5) is 4.39 Å². The molecule has 2 N–H and O–H groups in total. The number of carbonyl (C=O) groups excluding carboxylic acids is 1. The van der Waals surface area contributed by atoms with Gasteiger partial charge in [0, 0.05) is 13.1 Å². The van der Waals surface area contributed by atoms with Gasteiger partial charge in [0.05, 0.1) is 5.41 Å². The van der Waals surface area contributed by atoms with E-state index < -0.39 is 5.41 Å². The van der Waals surface area contributed by atoms with Gasteiger partial charge in [-0.15, -0.1) is 0 Å². The molecule has 0 aromatic heterocycles. The molecule has 1 amide bonds. The molecule has 0 atom stereocenters. The fourth-order valence-electron chi connectivity index (χ4n) is 3.32. The third kappa shape index (κ3) is 4.07. The van der Waals surface area contributed by atoms with Gasteiger partial charge < -0.3 is 10.6 Å². The van der Waals surface area contributed by atoms with Crippen molar-refractivity contribution >= 4 is 5.91 Å². The zero-order valence-electron chi connectivity index (χ0n) is 13.5. The summed E-state index contributed by atoms with van der Waals surface area (Å²) in [5, 5.41) is 6.33. The fraction of sp³-hybridized carbons (Fsp3) is 0.611. The van der Waals surface area contributed by atoms with E-state index in [1.807, 2.05) is 6.07 Å². The lowest BCUT2D eigenvalue weighted by atomic mass is 9.68. The van der Waals surface area contributed by atoms with Crippen molar-refractivity contribution in [3.8, 4) is 0 Å². The van der Waals surface area contributed by atoms with Crippen LogP contribution in [0.15, 0.2) is 24.3 Å². The smallest absolute Gasteiger partial charge is 0.230 e. The Balaban J connectivity index is 2.07. The summed E-state index contributed by atoms with van der Waals surface area (Å²) in [5.74, 6) is -0.212. The molecule has 22 heavy (non-hydrogen) atoms. The number of hydrogen-bond donors (Lipinski definition) is 2. The molecule has 0 heterocycles. The summed E-state index contributed by atoms with van der Waals surface area (Å²) in [6, 6.07) is 6.56. The van der Waals surface area contributed by atoms with Gasteiger partial charge in [0.1, 0.15) is 5.82 Å². The van der Waals surface area contributed by atoms with Crippen LogP contribution in [0.1, 0.15) is 51.0 Å². The first kappa shape index (κ1) is 16.9. The first-order valence-corrected chi connectivity index (χ1v) is 8.44. The van der Waals surface area contributed by atoms with Gasteiger partial charge in [-0.1, -0.05) is 38.3 Å². The van der Waals surface area contributed by atoms with Crippen molar-refractivity contribution in [1.82, 2.24) is 10.6 Å². The first-order valence-electron chi connectivity index (χ1n) is 8.44. The van der Waals surface area contributed by atoms with Crippen molar-refractivity contribution in [3.63, 3.8) is 0 Å². The molecule has 0 unspecified atom stereocenters. The Morgan fingerprint density at radius 3 is 2.64 bits per heavy atom. The number of benzene rings is 1. The highest BCUT2D eigenvalue weighted by Gasteiger charge is 2.40. The van der Waals surface area contributed by atoms with E-state index >= 15 is 0 Å². The minimum atomic E-state index is -0.550. The molecule has 1 fully saturated rings. The normalized spacial score (nSPS) is 17.2. The fourth-order valence-corrected chi connectivity index (χ4v) is 3.32. The van der Waals surface area contributed by atoms with Gasteiger partial charge >= 0.3 is 0 Å². The van der Waals surface area contributed by atoms with Crippen molar-refractivity contribution in [1.29, 1.82) is 0 Å². The molecular weight excluding hydrogens is 279 g/mol. The molecular formula is C18H27FN2O.